The molecule has 0 N–H and O–H groups in total. The van der Waals surface area contributed by atoms with Crippen molar-refractivity contribution in [2.24, 2.45) is 0 Å². The van der Waals surface area contributed by atoms with Crippen molar-refractivity contribution in [3.05, 3.63) is 87.4 Å². The number of fused-ring (bicyclic) bond motifs is 1. The summed E-state index contributed by atoms with van der Waals surface area (Å²) in [6.07, 6.45) is 1.75. The molecule has 2 heterocycles. The number of benzene rings is 2. The first kappa shape index (κ1) is 19.5. The SMILES string of the molecule is COc1cc(Cl)c(C)cc1-n1c(SCc2ccccn2)nc2ccccc2c1=O. The minimum Gasteiger partial charge on any atom is -0.495 e. The van der Waals surface area contributed by atoms with Crippen LogP contribution < -0.4 is 10.3 Å². The monoisotopic (exact) mass is 423 g/mol. The van der Waals surface area contributed by atoms with Gasteiger partial charge in [0.05, 0.1) is 29.4 Å². The average molecular weight is 424 g/mol. The lowest BCUT2D eigenvalue weighted by molar-refractivity contribution is 0.411. The third-order valence-corrected chi connectivity index (χ3v) is 5.90. The molecule has 0 fully saturated rings. The van der Waals surface area contributed by atoms with Crippen LogP contribution in [0.25, 0.3) is 16.6 Å². The highest BCUT2D eigenvalue weighted by molar-refractivity contribution is 7.98. The molecule has 2 aromatic carbocycles. The van der Waals surface area contributed by atoms with E-state index in [2.05, 4.69) is 4.98 Å². The van der Waals surface area contributed by atoms with Gasteiger partial charge in [-0.3, -0.25) is 14.3 Å². The molecule has 0 unspecified atom stereocenters. The Morgan fingerprint density at radius 2 is 1.93 bits per heavy atom. The summed E-state index contributed by atoms with van der Waals surface area (Å²) >= 11 is 7.73. The molecule has 29 heavy (non-hydrogen) atoms. The van der Waals surface area contributed by atoms with Gasteiger partial charge in [0.2, 0.25) is 0 Å². The molecule has 4 rings (SSSR count). The van der Waals surface area contributed by atoms with Gasteiger partial charge in [0.25, 0.3) is 5.56 Å². The van der Waals surface area contributed by atoms with Crippen molar-refractivity contribution in [1.82, 2.24) is 14.5 Å². The minimum atomic E-state index is -0.154. The molecular weight excluding hydrogens is 406 g/mol. The van der Waals surface area contributed by atoms with E-state index in [-0.39, 0.29) is 5.56 Å². The fourth-order valence-corrected chi connectivity index (χ4v) is 4.10. The summed E-state index contributed by atoms with van der Waals surface area (Å²) in [5.41, 5.74) is 2.87. The number of nitrogens with zero attached hydrogens (tertiary/aromatic N) is 3. The molecule has 0 bridgehead atoms. The number of methoxy groups -OCH3 is 1. The van der Waals surface area contributed by atoms with Crippen LogP contribution in [-0.4, -0.2) is 21.6 Å². The van der Waals surface area contributed by atoms with Crippen LogP contribution in [0.3, 0.4) is 0 Å². The van der Waals surface area contributed by atoms with Crippen LogP contribution >= 0.6 is 23.4 Å². The number of hydrogen-bond donors (Lipinski definition) is 0. The number of aromatic nitrogens is 3. The Morgan fingerprint density at radius 3 is 2.69 bits per heavy atom. The van der Waals surface area contributed by atoms with Crippen LogP contribution in [0.1, 0.15) is 11.3 Å². The lowest BCUT2D eigenvalue weighted by Gasteiger charge is -2.17. The molecule has 0 saturated carbocycles. The van der Waals surface area contributed by atoms with E-state index in [4.69, 9.17) is 21.3 Å². The maximum absolute atomic E-state index is 13.4. The predicted molar refractivity (Wildman–Crippen MR) is 117 cm³/mol. The highest BCUT2D eigenvalue weighted by atomic mass is 35.5. The maximum atomic E-state index is 13.4. The smallest absolute Gasteiger partial charge is 0.266 e. The third kappa shape index (κ3) is 3.86. The van der Waals surface area contributed by atoms with Gasteiger partial charge in [-0.2, -0.15) is 0 Å². The molecular formula is C22H18ClN3O2S. The van der Waals surface area contributed by atoms with Gasteiger partial charge in [-0.25, -0.2) is 4.98 Å². The molecule has 7 heteroatoms. The highest BCUT2D eigenvalue weighted by Crippen LogP contribution is 2.32. The Morgan fingerprint density at radius 1 is 1.14 bits per heavy atom. The van der Waals surface area contributed by atoms with E-state index >= 15 is 0 Å². The summed E-state index contributed by atoms with van der Waals surface area (Å²) in [5.74, 6) is 1.10. The molecule has 5 nitrogen and oxygen atoms in total. The van der Waals surface area contributed by atoms with E-state index in [0.717, 1.165) is 11.3 Å². The summed E-state index contributed by atoms with van der Waals surface area (Å²) in [4.78, 5) is 22.6. The van der Waals surface area contributed by atoms with Gasteiger partial charge in [0.1, 0.15) is 5.75 Å². The fraction of sp³-hybridized carbons (Fsp3) is 0.136. The molecule has 0 aliphatic heterocycles. The van der Waals surface area contributed by atoms with Crippen LogP contribution in [0, 0.1) is 6.92 Å². The summed E-state index contributed by atoms with van der Waals surface area (Å²) < 4.78 is 7.12. The van der Waals surface area contributed by atoms with E-state index in [1.54, 1.807) is 30.0 Å². The minimum absolute atomic E-state index is 0.154. The number of ether oxygens (including phenoxy) is 1. The van der Waals surface area contributed by atoms with Crippen LogP contribution in [-0.2, 0) is 5.75 Å². The zero-order valence-electron chi connectivity index (χ0n) is 15.9. The van der Waals surface area contributed by atoms with E-state index in [9.17, 15) is 4.79 Å². The summed E-state index contributed by atoms with van der Waals surface area (Å²) in [6, 6.07) is 16.7. The molecule has 0 spiro atoms. The van der Waals surface area contributed by atoms with Crippen molar-refractivity contribution in [1.29, 1.82) is 0 Å². The molecule has 0 aliphatic rings. The number of thioether (sulfide) groups is 1. The second-order valence-corrected chi connectivity index (χ2v) is 7.78. The molecule has 146 valence electrons. The number of para-hydroxylation sites is 1. The first-order valence-electron chi connectivity index (χ1n) is 8.97. The molecule has 4 aromatic rings. The Hall–Kier alpha value is -2.83. The summed E-state index contributed by atoms with van der Waals surface area (Å²) in [5, 5.41) is 1.69. The van der Waals surface area contributed by atoms with Gasteiger partial charge in [0.15, 0.2) is 5.16 Å². The average Bonchev–Trinajstić information content (AvgIpc) is 2.75. The Bertz CT molecular complexity index is 1240. The van der Waals surface area contributed by atoms with E-state index in [0.29, 0.717) is 38.3 Å². The van der Waals surface area contributed by atoms with E-state index < -0.39 is 0 Å². The van der Waals surface area contributed by atoms with Gasteiger partial charge >= 0.3 is 0 Å². The Kier molecular flexibility index (Phi) is 5.56. The topological polar surface area (TPSA) is 57.0 Å². The van der Waals surface area contributed by atoms with Crippen molar-refractivity contribution in [3.8, 4) is 11.4 Å². The second kappa shape index (κ2) is 8.27. The number of aryl methyl sites for hydroxylation is 1. The lowest BCUT2D eigenvalue weighted by atomic mass is 10.2. The molecule has 0 saturated heterocycles. The maximum Gasteiger partial charge on any atom is 0.266 e. The summed E-state index contributed by atoms with van der Waals surface area (Å²) in [6.45, 7) is 1.89. The normalized spacial score (nSPS) is 11.0. The Balaban J connectivity index is 1.93. The van der Waals surface area contributed by atoms with Crippen LogP contribution in [0.15, 0.2) is 70.7 Å². The number of halogens is 1. The van der Waals surface area contributed by atoms with E-state index in [1.807, 2.05) is 49.4 Å². The van der Waals surface area contributed by atoms with Crippen molar-refractivity contribution < 1.29 is 4.74 Å². The summed E-state index contributed by atoms with van der Waals surface area (Å²) in [7, 11) is 1.56. The highest BCUT2D eigenvalue weighted by Gasteiger charge is 2.18. The van der Waals surface area contributed by atoms with Gasteiger partial charge in [-0.15, -0.1) is 0 Å². The van der Waals surface area contributed by atoms with Crippen LogP contribution in [0.2, 0.25) is 5.02 Å². The van der Waals surface area contributed by atoms with E-state index in [1.165, 1.54) is 11.8 Å². The second-order valence-electron chi connectivity index (χ2n) is 6.44. The molecule has 0 amide bonds. The number of pyridine rings is 1. The predicted octanol–water partition coefficient (Wildman–Crippen LogP) is 5.04. The van der Waals surface area contributed by atoms with Crippen molar-refractivity contribution in [2.45, 2.75) is 17.8 Å². The van der Waals surface area contributed by atoms with Crippen LogP contribution in [0.5, 0.6) is 5.75 Å². The van der Waals surface area contributed by atoms with Gasteiger partial charge < -0.3 is 4.74 Å². The molecule has 0 atom stereocenters. The van der Waals surface area contributed by atoms with Gasteiger partial charge in [-0.05, 0) is 42.8 Å². The number of hydrogen-bond acceptors (Lipinski definition) is 5. The zero-order chi connectivity index (χ0) is 20.4. The largest absolute Gasteiger partial charge is 0.495 e. The fourth-order valence-electron chi connectivity index (χ4n) is 3.03. The zero-order valence-corrected chi connectivity index (χ0v) is 17.5. The lowest BCUT2D eigenvalue weighted by Crippen LogP contribution is -2.22. The quantitative estimate of drug-likeness (QED) is 0.332. The van der Waals surface area contributed by atoms with Gasteiger partial charge in [-0.1, -0.05) is 41.6 Å². The molecule has 2 aromatic heterocycles. The Labute approximate surface area is 177 Å². The molecule has 0 radical (unpaired) electrons. The first-order chi connectivity index (χ1) is 14.1. The number of rotatable bonds is 5. The third-order valence-electron chi connectivity index (χ3n) is 4.52. The van der Waals surface area contributed by atoms with Crippen molar-refractivity contribution >= 4 is 34.3 Å². The van der Waals surface area contributed by atoms with Crippen LogP contribution in [0.4, 0.5) is 0 Å². The first-order valence-corrected chi connectivity index (χ1v) is 10.3. The molecule has 0 aliphatic carbocycles. The van der Waals surface area contributed by atoms with Crippen molar-refractivity contribution in [3.63, 3.8) is 0 Å². The van der Waals surface area contributed by atoms with Crippen molar-refractivity contribution in [2.75, 3.05) is 7.11 Å². The van der Waals surface area contributed by atoms with Gasteiger partial charge in [0, 0.05) is 23.0 Å². The standard InChI is InChI=1S/C22H18ClN3O2S/c1-14-11-19(20(28-2)12-17(14)23)26-21(27)16-8-3-4-9-18(16)25-22(26)29-13-15-7-5-6-10-24-15/h3-12H,13H2,1-2H3.